The number of oxime groups is 1. The minimum atomic E-state index is -0.0579. The van der Waals surface area contributed by atoms with Gasteiger partial charge in [0.2, 0.25) is 5.88 Å². The van der Waals surface area contributed by atoms with Crippen LogP contribution < -0.4 is 10.5 Å². The smallest absolute Gasteiger partial charge is 0.219 e. The lowest BCUT2D eigenvalue weighted by molar-refractivity contribution is 0.318. The molecule has 0 aliphatic rings. The number of rotatable bonds is 3. The summed E-state index contributed by atoms with van der Waals surface area (Å²) in [6.07, 6.45) is 1.45. The van der Waals surface area contributed by atoms with Crippen LogP contribution in [0.3, 0.4) is 0 Å². The zero-order valence-electron chi connectivity index (χ0n) is 9.85. The van der Waals surface area contributed by atoms with Gasteiger partial charge >= 0.3 is 0 Å². The molecule has 0 unspecified atom stereocenters. The number of benzene rings is 1. The summed E-state index contributed by atoms with van der Waals surface area (Å²) in [6.45, 7) is 0. The van der Waals surface area contributed by atoms with Crippen LogP contribution >= 0.6 is 34.8 Å². The maximum absolute atomic E-state index is 8.63. The average Bonchev–Trinajstić information content (AvgIpc) is 2.44. The third kappa shape index (κ3) is 3.25. The van der Waals surface area contributed by atoms with Crippen LogP contribution in [0.25, 0.3) is 0 Å². The Hall–Kier alpha value is -1.69. The van der Waals surface area contributed by atoms with E-state index in [-0.39, 0.29) is 16.7 Å². The van der Waals surface area contributed by atoms with Crippen LogP contribution in [0.1, 0.15) is 5.56 Å². The summed E-state index contributed by atoms with van der Waals surface area (Å²) < 4.78 is 5.50. The zero-order chi connectivity index (χ0) is 14.7. The maximum Gasteiger partial charge on any atom is 0.219 e. The molecule has 104 valence electrons. The lowest BCUT2D eigenvalue weighted by atomic mass is 10.2. The monoisotopic (exact) mass is 331 g/mol. The lowest BCUT2D eigenvalue weighted by Gasteiger charge is -2.09. The van der Waals surface area contributed by atoms with Gasteiger partial charge in [-0.1, -0.05) is 40.0 Å². The predicted molar refractivity (Wildman–Crippen MR) is 78.3 cm³/mol. The molecule has 1 aromatic heterocycles. The topological polar surface area (TPSA) is 80.7 Å². The van der Waals surface area contributed by atoms with Gasteiger partial charge in [-0.15, -0.1) is 0 Å². The fraction of sp³-hybridized carbons (Fsp3) is 0. The number of pyridine rings is 1. The molecule has 0 radical (unpaired) electrons. The van der Waals surface area contributed by atoms with Crippen molar-refractivity contribution in [1.29, 1.82) is 0 Å². The van der Waals surface area contributed by atoms with E-state index in [0.717, 1.165) is 0 Å². The lowest BCUT2D eigenvalue weighted by Crippen LogP contribution is -2.13. The summed E-state index contributed by atoms with van der Waals surface area (Å²) in [7, 11) is 0. The first-order chi connectivity index (χ1) is 9.51. The largest absolute Gasteiger partial charge is 0.437 e. The molecular weight excluding hydrogens is 325 g/mol. The Morgan fingerprint density at radius 2 is 1.85 bits per heavy atom. The summed E-state index contributed by atoms with van der Waals surface area (Å²) in [4.78, 5) is 4.00. The van der Waals surface area contributed by atoms with E-state index in [2.05, 4.69) is 10.1 Å². The van der Waals surface area contributed by atoms with Crippen LogP contribution in [0, 0.1) is 0 Å². The minimum absolute atomic E-state index is 0.0579. The molecule has 0 aliphatic heterocycles. The molecule has 5 nitrogen and oxygen atoms in total. The van der Waals surface area contributed by atoms with Gasteiger partial charge in [-0.05, 0) is 12.1 Å². The Balaban J connectivity index is 2.33. The van der Waals surface area contributed by atoms with E-state index in [1.54, 1.807) is 6.07 Å². The molecule has 20 heavy (non-hydrogen) atoms. The Labute approximate surface area is 129 Å². The van der Waals surface area contributed by atoms with E-state index in [4.69, 9.17) is 50.5 Å². The summed E-state index contributed by atoms with van der Waals surface area (Å²) in [6, 6.07) is 6.00. The molecule has 8 heteroatoms. The first-order valence-corrected chi connectivity index (χ1v) is 6.41. The van der Waals surface area contributed by atoms with Crippen molar-refractivity contribution >= 4 is 40.6 Å². The van der Waals surface area contributed by atoms with Gasteiger partial charge in [0, 0.05) is 23.9 Å². The highest BCUT2D eigenvalue weighted by molar-refractivity contribution is 6.43. The highest BCUT2D eigenvalue weighted by atomic mass is 35.5. The van der Waals surface area contributed by atoms with E-state index < -0.39 is 0 Å². The van der Waals surface area contributed by atoms with Crippen molar-refractivity contribution in [2.45, 2.75) is 0 Å². The molecule has 0 saturated heterocycles. The fourth-order valence-electron chi connectivity index (χ4n) is 1.38. The van der Waals surface area contributed by atoms with E-state index >= 15 is 0 Å². The first kappa shape index (κ1) is 14.7. The standard InChI is InChI=1S/C12H8Cl3N3O2/c13-7-4-9(15)10(5-8(7)14)20-11-3-6(1-2-17-11)12(16)18-19/h1-5,19H,(H2,16,18). The highest BCUT2D eigenvalue weighted by Gasteiger charge is 2.10. The van der Waals surface area contributed by atoms with Gasteiger partial charge in [-0.3, -0.25) is 0 Å². The van der Waals surface area contributed by atoms with E-state index in [1.807, 2.05) is 0 Å². The second-order valence-electron chi connectivity index (χ2n) is 3.67. The second-order valence-corrected chi connectivity index (χ2v) is 4.89. The molecule has 0 spiro atoms. The number of ether oxygens (including phenoxy) is 1. The molecule has 2 aromatic rings. The Bertz CT molecular complexity index is 677. The van der Waals surface area contributed by atoms with Gasteiger partial charge in [-0.2, -0.15) is 0 Å². The Morgan fingerprint density at radius 1 is 1.15 bits per heavy atom. The zero-order valence-corrected chi connectivity index (χ0v) is 12.1. The van der Waals surface area contributed by atoms with Crippen molar-refractivity contribution in [1.82, 2.24) is 4.98 Å². The summed E-state index contributed by atoms with van der Waals surface area (Å²) >= 11 is 17.7. The van der Waals surface area contributed by atoms with Crippen LogP contribution in [0.15, 0.2) is 35.6 Å². The minimum Gasteiger partial charge on any atom is -0.437 e. The van der Waals surface area contributed by atoms with Crippen molar-refractivity contribution < 1.29 is 9.94 Å². The van der Waals surface area contributed by atoms with Gasteiger partial charge in [0.15, 0.2) is 5.84 Å². The molecule has 0 saturated carbocycles. The molecule has 0 fully saturated rings. The summed E-state index contributed by atoms with van der Waals surface area (Å²) in [5.41, 5.74) is 5.93. The number of halogens is 3. The number of nitrogens with two attached hydrogens (primary N) is 1. The number of amidine groups is 1. The molecule has 1 heterocycles. The third-order valence-corrected chi connectivity index (χ3v) is 3.35. The molecule has 1 aromatic carbocycles. The van der Waals surface area contributed by atoms with Crippen LogP contribution in [0.5, 0.6) is 11.6 Å². The number of hydrogen-bond donors (Lipinski definition) is 2. The predicted octanol–water partition coefficient (Wildman–Crippen LogP) is 3.93. The van der Waals surface area contributed by atoms with Crippen LogP contribution in [-0.2, 0) is 0 Å². The highest BCUT2D eigenvalue weighted by Crippen LogP contribution is 2.35. The van der Waals surface area contributed by atoms with Gasteiger partial charge in [0.1, 0.15) is 5.75 Å². The normalized spacial score (nSPS) is 11.4. The molecule has 3 N–H and O–H groups in total. The SMILES string of the molecule is N/C(=N\O)c1ccnc(Oc2cc(Cl)c(Cl)cc2Cl)c1. The molecule has 0 bridgehead atoms. The Kier molecular flexibility index (Phi) is 4.54. The fourth-order valence-corrected chi connectivity index (χ4v) is 1.95. The van der Waals surface area contributed by atoms with Crippen molar-refractivity contribution in [3.8, 4) is 11.6 Å². The van der Waals surface area contributed by atoms with Crippen molar-refractivity contribution in [3.05, 3.63) is 51.1 Å². The third-order valence-electron chi connectivity index (χ3n) is 2.33. The maximum atomic E-state index is 8.63. The molecule has 2 rings (SSSR count). The number of aromatic nitrogens is 1. The van der Waals surface area contributed by atoms with Gasteiger partial charge < -0.3 is 15.7 Å². The number of hydrogen-bond acceptors (Lipinski definition) is 4. The summed E-state index contributed by atoms with van der Waals surface area (Å²) in [5, 5.41) is 12.4. The van der Waals surface area contributed by atoms with Crippen molar-refractivity contribution in [2.75, 3.05) is 0 Å². The van der Waals surface area contributed by atoms with E-state index in [0.29, 0.717) is 21.4 Å². The van der Waals surface area contributed by atoms with Crippen molar-refractivity contribution in [3.63, 3.8) is 0 Å². The Morgan fingerprint density at radius 3 is 2.55 bits per heavy atom. The molecule has 0 atom stereocenters. The van der Waals surface area contributed by atoms with E-state index in [9.17, 15) is 0 Å². The van der Waals surface area contributed by atoms with Crippen LogP contribution in [0.2, 0.25) is 15.1 Å². The van der Waals surface area contributed by atoms with Gasteiger partial charge in [0.05, 0.1) is 15.1 Å². The van der Waals surface area contributed by atoms with Gasteiger partial charge in [0.25, 0.3) is 0 Å². The second kappa shape index (κ2) is 6.17. The average molecular weight is 333 g/mol. The van der Waals surface area contributed by atoms with Crippen LogP contribution in [0.4, 0.5) is 0 Å². The molecular formula is C12H8Cl3N3O2. The summed E-state index contributed by atoms with van der Waals surface area (Å²) in [5.74, 6) is 0.456. The van der Waals surface area contributed by atoms with Crippen molar-refractivity contribution in [2.24, 2.45) is 10.9 Å². The quantitative estimate of drug-likeness (QED) is 0.293. The first-order valence-electron chi connectivity index (χ1n) is 5.27. The molecule has 0 amide bonds. The van der Waals surface area contributed by atoms with Crippen LogP contribution in [-0.4, -0.2) is 16.0 Å². The number of nitrogens with zero attached hydrogens (tertiary/aromatic N) is 2. The van der Waals surface area contributed by atoms with E-state index in [1.165, 1.54) is 24.4 Å². The molecule has 0 aliphatic carbocycles. The van der Waals surface area contributed by atoms with Gasteiger partial charge in [-0.25, -0.2) is 4.98 Å².